The van der Waals surface area contributed by atoms with Crippen LogP contribution in [0.4, 0.5) is 5.69 Å². The van der Waals surface area contributed by atoms with Crippen LogP contribution < -0.4 is 10.6 Å². The lowest BCUT2D eigenvalue weighted by atomic mass is 10.0. The molecule has 0 aromatic heterocycles. The number of nitrogens with zero attached hydrogens (tertiary/aromatic N) is 1. The van der Waals surface area contributed by atoms with Gasteiger partial charge in [-0.25, -0.2) is 0 Å². The second-order valence-electron chi connectivity index (χ2n) is 3.49. The Morgan fingerprint density at radius 3 is 2.75 bits per heavy atom. The van der Waals surface area contributed by atoms with Gasteiger partial charge in [0.25, 0.3) is 5.69 Å². The normalized spacial score (nSPS) is 20.2. The molecule has 6 heteroatoms. The first-order chi connectivity index (χ1) is 7.70. The van der Waals surface area contributed by atoms with Crippen molar-refractivity contribution in [1.29, 1.82) is 0 Å². The molecule has 16 heavy (non-hydrogen) atoms. The van der Waals surface area contributed by atoms with Gasteiger partial charge >= 0.3 is 0 Å². The Labute approximate surface area is 91.8 Å². The molecule has 1 aliphatic heterocycles. The molecule has 84 valence electrons. The third kappa shape index (κ3) is 1.87. The van der Waals surface area contributed by atoms with Crippen LogP contribution in [-0.2, 0) is 4.79 Å². The Morgan fingerprint density at radius 2 is 2.06 bits per heavy atom. The van der Waals surface area contributed by atoms with E-state index in [1.54, 1.807) is 18.2 Å². The summed E-state index contributed by atoms with van der Waals surface area (Å²) in [6.07, 6.45) is 0. The zero-order chi connectivity index (χ0) is 11.5. The summed E-state index contributed by atoms with van der Waals surface area (Å²) in [5, 5.41) is 16.5. The van der Waals surface area contributed by atoms with Crippen molar-refractivity contribution in [3.8, 4) is 0 Å². The van der Waals surface area contributed by atoms with Crippen molar-refractivity contribution in [2.45, 2.75) is 6.04 Å². The van der Waals surface area contributed by atoms with Crippen LogP contribution in [0.5, 0.6) is 0 Å². The highest BCUT2D eigenvalue weighted by Crippen LogP contribution is 2.25. The van der Waals surface area contributed by atoms with Crippen molar-refractivity contribution in [1.82, 2.24) is 10.6 Å². The van der Waals surface area contributed by atoms with Crippen LogP contribution in [-0.4, -0.2) is 23.9 Å². The first kappa shape index (κ1) is 10.6. The van der Waals surface area contributed by atoms with Crippen molar-refractivity contribution < 1.29 is 9.72 Å². The number of carbonyl (C=O) groups is 1. The molecule has 0 unspecified atom stereocenters. The molecule has 0 bridgehead atoms. The molecule has 0 aliphatic carbocycles. The van der Waals surface area contributed by atoms with E-state index >= 15 is 0 Å². The Morgan fingerprint density at radius 1 is 1.31 bits per heavy atom. The molecule has 2 rings (SSSR count). The van der Waals surface area contributed by atoms with E-state index in [1.165, 1.54) is 6.07 Å². The number of hydrogen-bond acceptors (Lipinski definition) is 4. The molecular weight excluding hydrogens is 210 g/mol. The molecule has 1 atom stereocenters. The molecule has 1 aromatic carbocycles. The third-order valence-corrected chi connectivity index (χ3v) is 2.48. The average molecular weight is 221 g/mol. The lowest BCUT2D eigenvalue weighted by molar-refractivity contribution is -0.385. The van der Waals surface area contributed by atoms with Gasteiger partial charge in [-0.1, -0.05) is 18.2 Å². The van der Waals surface area contributed by atoms with E-state index < -0.39 is 11.0 Å². The highest BCUT2D eigenvalue weighted by molar-refractivity contribution is 5.85. The average Bonchev–Trinajstić information content (AvgIpc) is 2.29. The second-order valence-corrected chi connectivity index (χ2v) is 3.49. The van der Waals surface area contributed by atoms with Gasteiger partial charge < -0.3 is 10.6 Å². The minimum atomic E-state index is -0.629. The third-order valence-electron chi connectivity index (χ3n) is 2.48. The summed E-state index contributed by atoms with van der Waals surface area (Å²) in [6.45, 7) is 1.17. The maximum Gasteiger partial charge on any atom is 0.274 e. The number of para-hydroxylation sites is 1. The van der Waals surface area contributed by atoms with E-state index in [9.17, 15) is 14.9 Å². The molecule has 1 amide bonds. The van der Waals surface area contributed by atoms with Gasteiger partial charge in [0.05, 0.1) is 10.5 Å². The van der Waals surface area contributed by atoms with Crippen LogP contribution in [0.15, 0.2) is 24.3 Å². The molecule has 0 radical (unpaired) electrons. The topological polar surface area (TPSA) is 84.3 Å². The van der Waals surface area contributed by atoms with Crippen molar-refractivity contribution in [2.75, 3.05) is 13.1 Å². The zero-order valence-electron chi connectivity index (χ0n) is 8.47. The fourth-order valence-electron chi connectivity index (χ4n) is 1.75. The Balaban J connectivity index is 2.38. The first-order valence-corrected chi connectivity index (χ1v) is 4.94. The second kappa shape index (κ2) is 4.28. The van der Waals surface area contributed by atoms with Gasteiger partial charge in [-0.3, -0.25) is 14.9 Å². The van der Waals surface area contributed by atoms with Gasteiger partial charge in [0.2, 0.25) is 5.91 Å². The molecule has 2 N–H and O–H groups in total. The maximum atomic E-state index is 11.6. The molecule has 0 spiro atoms. The molecule has 1 aliphatic rings. The van der Waals surface area contributed by atoms with Crippen LogP contribution in [0, 0.1) is 10.1 Å². The number of benzene rings is 1. The molecule has 0 saturated carbocycles. The summed E-state index contributed by atoms with van der Waals surface area (Å²) in [4.78, 5) is 21.9. The van der Waals surface area contributed by atoms with Gasteiger partial charge in [0.15, 0.2) is 0 Å². The van der Waals surface area contributed by atoms with Crippen molar-refractivity contribution in [3.63, 3.8) is 0 Å². The lowest BCUT2D eigenvalue weighted by Crippen LogP contribution is -2.47. The zero-order valence-corrected chi connectivity index (χ0v) is 8.47. The minimum absolute atomic E-state index is 0.0305. The van der Waals surface area contributed by atoms with E-state index in [4.69, 9.17) is 0 Å². The Kier molecular flexibility index (Phi) is 2.82. The van der Waals surface area contributed by atoms with Gasteiger partial charge in [-0.05, 0) is 0 Å². The van der Waals surface area contributed by atoms with Crippen molar-refractivity contribution in [2.24, 2.45) is 0 Å². The van der Waals surface area contributed by atoms with Crippen molar-refractivity contribution >= 4 is 11.6 Å². The largest absolute Gasteiger partial charge is 0.353 e. The predicted octanol–water partition coefficient (Wildman–Crippen LogP) is 0.355. The summed E-state index contributed by atoms with van der Waals surface area (Å²) < 4.78 is 0. The molecule has 1 heterocycles. The summed E-state index contributed by atoms with van der Waals surface area (Å²) in [6, 6.07) is 5.64. The first-order valence-electron chi connectivity index (χ1n) is 4.94. The Bertz CT molecular complexity index is 433. The Hall–Kier alpha value is -1.95. The fourth-order valence-corrected chi connectivity index (χ4v) is 1.75. The summed E-state index contributed by atoms with van der Waals surface area (Å²) in [5.74, 6) is -0.222. The SMILES string of the molecule is O=C1NCCN[C@H]1c1ccccc1[N+](=O)[O-]. The highest BCUT2D eigenvalue weighted by Gasteiger charge is 2.28. The number of nitro groups is 1. The number of amides is 1. The van der Waals surface area contributed by atoms with Gasteiger partial charge in [-0.15, -0.1) is 0 Å². The molecule has 1 aromatic rings. The lowest BCUT2D eigenvalue weighted by Gasteiger charge is -2.23. The molecular formula is C10H11N3O3. The van der Waals surface area contributed by atoms with Gasteiger partial charge in [0, 0.05) is 19.2 Å². The summed E-state index contributed by atoms with van der Waals surface area (Å²) in [7, 11) is 0. The van der Waals surface area contributed by atoms with Crippen LogP contribution in [0.2, 0.25) is 0 Å². The molecule has 1 fully saturated rings. The number of rotatable bonds is 2. The predicted molar refractivity (Wildman–Crippen MR) is 56.8 cm³/mol. The summed E-state index contributed by atoms with van der Waals surface area (Å²) >= 11 is 0. The van der Waals surface area contributed by atoms with E-state index in [0.717, 1.165) is 0 Å². The highest BCUT2D eigenvalue weighted by atomic mass is 16.6. The van der Waals surface area contributed by atoms with E-state index in [2.05, 4.69) is 10.6 Å². The van der Waals surface area contributed by atoms with Crippen LogP contribution in [0.3, 0.4) is 0 Å². The van der Waals surface area contributed by atoms with Crippen LogP contribution in [0.1, 0.15) is 11.6 Å². The molecule has 1 saturated heterocycles. The quantitative estimate of drug-likeness (QED) is 0.557. The number of hydrogen-bond donors (Lipinski definition) is 2. The number of nitro benzene ring substituents is 1. The van der Waals surface area contributed by atoms with Crippen molar-refractivity contribution in [3.05, 3.63) is 39.9 Å². The van der Waals surface area contributed by atoms with Gasteiger partial charge in [0.1, 0.15) is 6.04 Å². The van der Waals surface area contributed by atoms with E-state index in [1.807, 2.05) is 0 Å². The number of nitrogens with one attached hydrogen (secondary N) is 2. The smallest absolute Gasteiger partial charge is 0.274 e. The standard InChI is InChI=1S/C10H11N3O3/c14-10-9(11-5-6-12-10)7-3-1-2-4-8(7)13(15)16/h1-4,9,11H,5-6H2,(H,12,14)/t9-/m0/s1. The number of piperazine rings is 1. The van der Waals surface area contributed by atoms with E-state index in [0.29, 0.717) is 18.7 Å². The van der Waals surface area contributed by atoms with Gasteiger partial charge in [-0.2, -0.15) is 0 Å². The van der Waals surface area contributed by atoms with Crippen LogP contribution in [0.25, 0.3) is 0 Å². The van der Waals surface area contributed by atoms with E-state index in [-0.39, 0.29) is 11.6 Å². The van der Waals surface area contributed by atoms with Crippen LogP contribution >= 0.6 is 0 Å². The minimum Gasteiger partial charge on any atom is -0.353 e. The molecule has 6 nitrogen and oxygen atoms in total. The fraction of sp³-hybridized carbons (Fsp3) is 0.300. The monoisotopic (exact) mass is 221 g/mol. The maximum absolute atomic E-state index is 11.6. The number of carbonyl (C=O) groups excluding carboxylic acids is 1. The summed E-state index contributed by atoms with van der Waals surface area (Å²) in [5.41, 5.74) is 0.377.